The molecule has 0 bridgehead atoms. The fourth-order valence-corrected chi connectivity index (χ4v) is 0.208. The van der Waals surface area contributed by atoms with Crippen molar-refractivity contribution in [2.75, 3.05) is 0 Å². The fraction of sp³-hybridized carbons (Fsp3) is 0.333. The van der Waals surface area contributed by atoms with E-state index in [4.69, 9.17) is 0 Å². The number of esters is 1. The molecule has 0 rings (SSSR count). The van der Waals surface area contributed by atoms with Gasteiger partial charge >= 0.3 is 5.97 Å². The summed E-state index contributed by atoms with van der Waals surface area (Å²) in [6.45, 7) is 7.95. The van der Waals surface area contributed by atoms with E-state index in [9.17, 15) is 4.79 Å². The lowest BCUT2D eigenvalue weighted by molar-refractivity contribution is -0.135. The third kappa shape index (κ3) is 2.39. The van der Waals surface area contributed by atoms with Crippen molar-refractivity contribution >= 4 is 5.97 Å². The van der Waals surface area contributed by atoms with Crippen LogP contribution in [0.15, 0.2) is 12.2 Å². The van der Waals surface area contributed by atoms with Crippen LogP contribution in [-0.2, 0) is 9.53 Å². The third-order valence-corrected chi connectivity index (χ3v) is 0.573. The topological polar surface area (TPSA) is 26.3 Å². The Kier molecular flexibility index (Phi) is 2.92. The van der Waals surface area contributed by atoms with Gasteiger partial charge in [0, 0.05) is 5.57 Å². The molecule has 0 saturated heterocycles. The minimum Gasteiger partial charge on any atom is -0.455 e. The fourth-order valence-electron chi connectivity index (χ4n) is 0.208. The Balaban J connectivity index is 3.49. The summed E-state index contributed by atoms with van der Waals surface area (Å²) in [5.74, 6) is -0.368. The highest BCUT2D eigenvalue weighted by Crippen LogP contribution is 1.91. The van der Waals surface area contributed by atoms with Crippen molar-refractivity contribution in [3.8, 4) is 0 Å². The van der Waals surface area contributed by atoms with Crippen LogP contribution in [0.3, 0.4) is 0 Å². The molecule has 0 aromatic carbocycles. The summed E-state index contributed by atoms with van der Waals surface area (Å²) in [5.41, 5.74) is 0.420. The molecule has 45 valence electrons. The highest BCUT2D eigenvalue weighted by molar-refractivity contribution is 5.87. The summed E-state index contributed by atoms with van der Waals surface area (Å²) >= 11 is 0. The van der Waals surface area contributed by atoms with Gasteiger partial charge in [0.15, 0.2) is 0 Å². The number of carbonyl (C=O) groups is 1. The van der Waals surface area contributed by atoms with Gasteiger partial charge in [-0.2, -0.15) is 0 Å². The Labute approximate surface area is 49.1 Å². The number of carbonyl (C=O) groups excluding carboxylic acids is 1. The van der Waals surface area contributed by atoms with Crippen molar-refractivity contribution in [3.05, 3.63) is 18.8 Å². The quantitative estimate of drug-likeness (QED) is 0.398. The smallest absolute Gasteiger partial charge is 0.333 e. The molecule has 2 nitrogen and oxygen atoms in total. The molecule has 0 amide bonds. The molecule has 0 atom stereocenters. The number of rotatable bonds is 2. The minimum absolute atomic E-state index is 0.368. The maximum Gasteiger partial charge on any atom is 0.333 e. The van der Waals surface area contributed by atoms with Crippen molar-refractivity contribution in [1.29, 1.82) is 0 Å². The van der Waals surface area contributed by atoms with Gasteiger partial charge in [0.2, 0.25) is 0 Å². The first-order chi connectivity index (χ1) is 3.68. The summed E-state index contributed by atoms with van der Waals surface area (Å²) in [4.78, 5) is 10.4. The number of hydrogen-bond acceptors (Lipinski definition) is 2. The normalized spacial score (nSPS) is 8.25. The van der Waals surface area contributed by atoms with Crippen molar-refractivity contribution in [1.82, 2.24) is 0 Å². The van der Waals surface area contributed by atoms with Gasteiger partial charge in [0.1, 0.15) is 6.61 Å². The molecule has 0 spiro atoms. The summed E-state index contributed by atoms with van der Waals surface area (Å²) in [7, 11) is 0. The summed E-state index contributed by atoms with van der Waals surface area (Å²) in [6, 6.07) is 0. The number of ether oxygens (including phenoxy) is 1. The molecule has 0 heterocycles. The van der Waals surface area contributed by atoms with E-state index < -0.39 is 0 Å². The zero-order valence-electron chi connectivity index (χ0n) is 5.10. The zero-order valence-corrected chi connectivity index (χ0v) is 5.10. The van der Waals surface area contributed by atoms with Crippen LogP contribution < -0.4 is 0 Å². The van der Waals surface area contributed by atoms with E-state index in [1.54, 1.807) is 13.8 Å². The van der Waals surface area contributed by atoms with E-state index in [-0.39, 0.29) is 5.97 Å². The standard InChI is InChI=1S/C6H9O2/c1-4-8-6(7)5(2)3/h4H,2H2,1,3H3. The lowest BCUT2D eigenvalue weighted by Crippen LogP contribution is -2.00. The minimum atomic E-state index is -0.368. The third-order valence-electron chi connectivity index (χ3n) is 0.573. The summed E-state index contributed by atoms with van der Waals surface area (Å²) in [6.07, 6.45) is 0. The van der Waals surface area contributed by atoms with Crippen LogP contribution in [-0.4, -0.2) is 5.97 Å². The van der Waals surface area contributed by atoms with E-state index in [0.717, 1.165) is 0 Å². The van der Waals surface area contributed by atoms with E-state index in [2.05, 4.69) is 11.3 Å². The highest BCUT2D eigenvalue weighted by Gasteiger charge is 1.98. The average Bonchev–Trinajstić information content (AvgIpc) is 1.67. The maximum atomic E-state index is 10.4. The summed E-state index contributed by atoms with van der Waals surface area (Å²) in [5, 5.41) is 0. The lowest BCUT2D eigenvalue weighted by Gasteiger charge is -1.95. The Morgan fingerprint density at radius 1 is 1.75 bits per heavy atom. The SMILES string of the molecule is C=C(C)C(=O)O[CH]C. The van der Waals surface area contributed by atoms with E-state index in [1.807, 2.05) is 0 Å². The van der Waals surface area contributed by atoms with Gasteiger partial charge in [0.25, 0.3) is 0 Å². The van der Waals surface area contributed by atoms with Crippen LogP contribution in [0.5, 0.6) is 0 Å². The molecule has 0 fully saturated rings. The first kappa shape index (κ1) is 7.21. The molecule has 1 radical (unpaired) electrons. The second-order valence-corrected chi connectivity index (χ2v) is 1.42. The van der Waals surface area contributed by atoms with Crippen LogP contribution in [0.2, 0.25) is 0 Å². The van der Waals surface area contributed by atoms with Crippen LogP contribution in [0, 0.1) is 6.61 Å². The van der Waals surface area contributed by atoms with Gasteiger partial charge in [-0.3, -0.25) is 0 Å². The van der Waals surface area contributed by atoms with Crippen molar-refractivity contribution < 1.29 is 9.53 Å². The Morgan fingerprint density at radius 3 is 2.38 bits per heavy atom. The van der Waals surface area contributed by atoms with Crippen LogP contribution in [0.4, 0.5) is 0 Å². The molecule has 2 heteroatoms. The van der Waals surface area contributed by atoms with Gasteiger partial charge in [-0.25, -0.2) is 4.79 Å². The number of hydrogen-bond donors (Lipinski definition) is 0. The van der Waals surface area contributed by atoms with Gasteiger partial charge in [-0.1, -0.05) is 6.58 Å². The van der Waals surface area contributed by atoms with Crippen molar-refractivity contribution in [2.24, 2.45) is 0 Å². The lowest BCUT2D eigenvalue weighted by atomic mass is 10.4. The van der Waals surface area contributed by atoms with E-state index in [1.165, 1.54) is 6.61 Å². The first-order valence-corrected chi connectivity index (χ1v) is 2.32. The van der Waals surface area contributed by atoms with Crippen molar-refractivity contribution in [3.63, 3.8) is 0 Å². The largest absolute Gasteiger partial charge is 0.455 e. The molecule has 0 aliphatic heterocycles. The first-order valence-electron chi connectivity index (χ1n) is 2.32. The molecule has 0 aliphatic rings. The van der Waals surface area contributed by atoms with Crippen LogP contribution in [0.25, 0.3) is 0 Å². The Morgan fingerprint density at radius 2 is 2.25 bits per heavy atom. The second kappa shape index (κ2) is 3.24. The molecule has 0 N–H and O–H groups in total. The second-order valence-electron chi connectivity index (χ2n) is 1.42. The predicted molar refractivity (Wildman–Crippen MR) is 30.9 cm³/mol. The van der Waals surface area contributed by atoms with Gasteiger partial charge in [0.05, 0.1) is 0 Å². The van der Waals surface area contributed by atoms with Gasteiger partial charge in [-0.05, 0) is 13.8 Å². The molecular formula is C6H9O2. The Hall–Kier alpha value is -0.790. The van der Waals surface area contributed by atoms with E-state index >= 15 is 0 Å². The van der Waals surface area contributed by atoms with Crippen LogP contribution in [0.1, 0.15) is 13.8 Å². The van der Waals surface area contributed by atoms with E-state index in [0.29, 0.717) is 5.57 Å². The highest BCUT2D eigenvalue weighted by atomic mass is 16.5. The zero-order chi connectivity index (χ0) is 6.57. The summed E-state index contributed by atoms with van der Waals surface area (Å²) < 4.78 is 4.44. The monoisotopic (exact) mass is 113 g/mol. The van der Waals surface area contributed by atoms with Gasteiger partial charge < -0.3 is 4.74 Å². The molecule has 8 heavy (non-hydrogen) atoms. The molecule has 0 aromatic heterocycles. The predicted octanol–water partition coefficient (Wildman–Crippen LogP) is 1.29. The molecular weight excluding hydrogens is 104 g/mol. The maximum absolute atomic E-state index is 10.4. The molecule has 0 aromatic rings. The van der Waals surface area contributed by atoms with Crippen LogP contribution >= 0.6 is 0 Å². The molecule has 0 saturated carbocycles. The average molecular weight is 113 g/mol. The Bertz CT molecular complexity index is 105. The van der Waals surface area contributed by atoms with Crippen molar-refractivity contribution in [2.45, 2.75) is 13.8 Å². The molecule has 0 unspecified atom stereocenters. The van der Waals surface area contributed by atoms with Gasteiger partial charge in [-0.15, -0.1) is 0 Å². The molecule has 0 aliphatic carbocycles.